The molecule has 0 aliphatic carbocycles. The Hall–Kier alpha value is -2.73. The summed E-state index contributed by atoms with van der Waals surface area (Å²) in [6.45, 7) is 2.26. The molecular weight excluding hydrogens is 400 g/mol. The Bertz CT molecular complexity index is 966. The first-order valence-electron chi connectivity index (χ1n) is 11.4. The van der Waals surface area contributed by atoms with Crippen LogP contribution in [0.5, 0.6) is 0 Å². The molecule has 2 rings (SSSR count). The van der Waals surface area contributed by atoms with Gasteiger partial charge in [-0.3, -0.25) is 0 Å². The first kappa shape index (κ1) is 24.5. The van der Waals surface area contributed by atoms with E-state index in [0.717, 1.165) is 12.0 Å². The molecule has 0 fully saturated rings. The number of hydrogen-bond acceptors (Lipinski definition) is 2. The largest absolute Gasteiger partial charge is 0.192 e. The van der Waals surface area contributed by atoms with Gasteiger partial charge in [-0.25, -0.2) is 0 Å². The molecule has 2 nitrogen and oxygen atoms in total. The van der Waals surface area contributed by atoms with E-state index in [9.17, 15) is 0 Å². The van der Waals surface area contributed by atoms with Crippen LogP contribution >= 0.6 is 11.6 Å². The second-order valence-electron chi connectivity index (χ2n) is 7.98. The first-order valence-corrected chi connectivity index (χ1v) is 11.8. The van der Waals surface area contributed by atoms with Crippen molar-refractivity contribution in [3.63, 3.8) is 0 Å². The van der Waals surface area contributed by atoms with E-state index in [1.165, 1.54) is 75.8 Å². The first-order chi connectivity index (χ1) is 15.2. The van der Waals surface area contributed by atoms with Gasteiger partial charge >= 0.3 is 0 Å². The SMILES string of the molecule is CCCCCCCCCCCCc1ccc(C#Cc2cc(C#N)c(C#N)cc2Cl)cc1. The fraction of sp³-hybridized carbons (Fsp3) is 0.429. The monoisotopic (exact) mass is 430 g/mol. The zero-order valence-corrected chi connectivity index (χ0v) is 19.3. The lowest BCUT2D eigenvalue weighted by Crippen LogP contribution is -1.88. The van der Waals surface area contributed by atoms with Crippen LogP contribution in [0.3, 0.4) is 0 Å². The van der Waals surface area contributed by atoms with Crippen LogP contribution in [0.2, 0.25) is 5.02 Å². The number of aryl methyl sites for hydroxylation is 1. The predicted molar refractivity (Wildman–Crippen MR) is 129 cm³/mol. The molecule has 0 atom stereocenters. The minimum absolute atomic E-state index is 0.273. The number of halogens is 1. The zero-order chi connectivity index (χ0) is 22.3. The summed E-state index contributed by atoms with van der Waals surface area (Å²) in [6, 6.07) is 15.4. The van der Waals surface area contributed by atoms with Gasteiger partial charge < -0.3 is 0 Å². The predicted octanol–water partition coefficient (Wildman–Crippen LogP) is 7.95. The Morgan fingerprint density at radius 3 is 1.81 bits per heavy atom. The highest BCUT2D eigenvalue weighted by Gasteiger charge is 2.06. The highest BCUT2D eigenvalue weighted by atomic mass is 35.5. The quantitative estimate of drug-likeness (QED) is 0.268. The van der Waals surface area contributed by atoms with Crippen LogP contribution in [-0.4, -0.2) is 0 Å². The molecule has 0 aromatic heterocycles. The molecule has 3 heteroatoms. The smallest absolute Gasteiger partial charge is 0.101 e. The van der Waals surface area contributed by atoms with Crippen molar-refractivity contribution in [3.05, 3.63) is 69.2 Å². The average molecular weight is 431 g/mol. The van der Waals surface area contributed by atoms with Crippen molar-refractivity contribution in [1.82, 2.24) is 0 Å². The van der Waals surface area contributed by atoms with Crippen LogP contribution in [0.1, 0.15) is 98.9 Å². The van der Waals surface area contributed by atoms with E-state index < -0.39 is 0 Å². The molecule has 0 radical (unpaired) electrons. The van der Waals surface area contributed by atoms with Gasteiger partial charge in [-0.15, -0.1) is 0 Å². The van der Waals surface area contributed by atoms with E-state index in [4.69, 9.17) is 22.1 Å². The molecule has 31 heavy (non-hydrogen) atoms. The molecular formula is C28H31ClN2. The normalized spacial score (nSPS) is 10.1. The third-order valence-corrected chi connectivity index (χ3v) is 5.78. The highest BCUT2D eigenvalue weighted by Crippen LogP contribution is 2.20. The maximum absolute atomic E-state index is 9.16. The Balaban J connectivity index is 1.76. The highest BCUT2D eigenvalue weighted by molar-refractivity contribution is 6.31. The summed E-state index contributed by atoms with van der Waals surface area (Å²) in [5, 5.41) is 18.6. The van der Waals surface area contributed by atoms with E-state index in [1.54, 1.807) is 6.07 Å². The minimum Gasteiger partial charge on any atom is -0.192 e. The maximum atomic E-state index is 9.16. The third kappa shape index (κ3) is 8.89. The maximum Gasteiger partial charge on any atom is 0.101 e. The summed E-state index contributed by atoms with van der Waals surface area (Å²) >= 11 is 6.20. The summed E-state index contributed by atoms with van der Waals surface area (Å²) in [5.74, 6) is 6.12. The van der Waals surface area contributed by atoms with Gasteiger partial charge in [0.1, 0.15) is 12.1 Å². The molecule has 0 saturated heterocycles. The molecule has 2 aromatic rings. The Morgan fingerprint density at radius 2 is 1.23 bits per heavy atom. The molecule has 0 spiro atoms. The molecule has 0 aliphatic heterocycles. The average Bonchev–Trinajstić information content (AvgIpc) is 2.80. The van der Waals surface area contributed by atoms with Crippen molar-refractivity contribution in [2.24, 2.45) is 0 Å². The van der Waals surface area contributed by atoms with Gasteiger partial charge in [-0.2, -0.15) is 10.5 Å². The van der Waals surface area contributed by atoms with Crippen LogP contribution in [-0.2, 0) is 6.42 Å². The molecule has 0 unspecified atom stereocenters. The van der Waals surface area contributed by atoms with Crippen LogP contribution in [0.25, 0.3) is 0 Å². The van der Waals surface area contributed by atoms with Gasteiger partial charge in [0.05, 0.1) is 16.1 Å². The third-order valence-electron chi connectivity index (χ3n) is 5.46. The van der Waals surface area contributed by atoms with Crippen molar-refractivity contribution in [2.75, 3.05) is 0 Å². The molecule has 0 heterocycles. The van der Waals surface area contributed by atoms with E-state index in [2.05, 4.69) is 30.9 Å². The zero-order valence-electron chi connectivity index (χ0n) is 18.5. The summed E-state index contributed by atoms with van der Waals surface area (Å²) in [5.41, 5.74) is 3.38. The van der Waals surface area contributed by atoms with Gasteiger partial charge in [0, 0.05) is 11.1 Å². The van der Waals surface area contributed by atoms with Gasteiger partial charge in [-0.05, 0) is 42.7 Å². The number of benzene rings is 2. The molecule has 0 aliphatic rings. The molecule has 0 N–H and O–H groups in total. The van der Waals surface area contributed by atoms with Gasteiger partial charge in [0.25, 0.3) is 0 Å². The summed E-state index contributed by atoms with van der Waals surface area (Å²) in [6.07, 6.45) is 14.6. The van der Waals surface area contributed by atoms with E-state index in [0.29, 0.717) is 16.1 Å². The second-order valence-corrected chi connectivity index (χ2v) is 8.39. The van der Waals surface area contributed by atoms with E-state index >= 15 is 0 Å². The standard InChI is InChI=1S/C28H31ClN2/c1-2-3-4-5-6-7-8-9-10-11-12-23-13-15-24(16-14-23)17-18-25-19-26(21-30)27(22-31)20-28(25)29/h13-16,19-20H,2-12H2,1H3. The van der Waals surface area contributed by atoms with Crippen LogP contribution in [0.15, 0.2) is 36.4 Å². The molecule has 0 saturated carbocycles. The summed E-state index contributed by atoms with van der Waals surface area (Å²) in [4.78, 5) is 0. The van der Waals surface area contributed by atoms with Crippen molar-refractivity contribution in [2.45, 2.75) is 77.6 Å². The fourth-order valence-corrected chi connectivity index (χ4v) is 3.78. The Labute approximate surface area is 192 Å². The minimum atomic E-state index is 0.273. The van der Waals surface area contributed by atoms with Crippen molar-refractivity contribution >= 4 is 11.6 Å². The number of nitrogens with zero attached hydrogens (tertiary/aromatic N) is 2. The second kappa shape index (κ2) is 14.3. The van der Waals surface area contributed by atoms with Gasteiger partial charge in [0.2, 0.25) is 0 Å². The van der Waals surface area contributed by atoms with Gasteiger partial charge in [-0.1, -0.05) is 100 Å². The van der Waals surface area contributed by atoms with Crippen molar-refractivity contribution in [1.29, 1.82) is 10.5 Å². The molecule has 160 valence electrons. The van der Waals surface area contributed by atoms with E-state index in [-0.39, 0.29) is 5.56 Å². The lowest BCUT2D eigenvalue weighted by molar-refractivity contribution is 0.556. The number of unbranched alkanes of at least 4 members (excludes halogenated alkanes) is 9. The molecule has 2 aromatic carbocycles. The molecule has 0 amide bonds. The number of nitriles is 2. The van der Waals surface area contributed by atoms with Crippen molar-refractivity contribution in [3.8, 4) is 24.0 Å². The topological polar surface area (TPSA) is 47.6 Å². The van der Waals surface area contributed by atoms with Crippen LogP contribution in [0, 0.1) is 34.5 Å². The fourth-order valence-electron chi connectivity index (χ4n) is 3.56. The Morgan fingerprint density at radius 1 is 0.677 bits per heavy atom. The number of hydrogen-bond donors (Lipinski definition) is 0. The summed E-state index contributed by atoms with van der Waals surface area (Å²) in [7, 11) is 0. The van der Waals surface area contributed by atoms with Crippen LogP contribution < -0.4 is 0 Å². The lowest BCUT2D eigenvalue weighted by Gasteiger charge is -2.03. The number of rotatable bonds is 11. The van der Waals surface area contributed by atoms with Gasteiger partial charge in [0.15, 0.2) is 0 Å². The summed E-state index contributed by atoms with van der Waals surface area (Å²) < 4.78 is 0. The Kier molecular flexibility index (Phi) is 11.3. The van der Waals surface area contributed by atoms with Crippen LogP contribution in [0.4, 0.5) is 0 Å². The lowest BCUT2D eigenvalue weighted by atomic mass is 10.0. The van der Waals surface area contributed by atoms with E-state index in [1.807, 2.05) is 24.3 Å². The molecule has 0 bridgehead atoms. The van der Waals surface area contributed by atoms with Crippen molar-refractivity contribution < 1.29 is 0 Å².